The zero-order valence-corrected chi connectivity index (χ0v) is 17.4. The fourth-order valence-corrected chi connectivity index (χ4v) is 4.17. The molecule has 0 aliphatic carbocycles. The van der Waals surface area contributed by atoms with E-state index in [-0.39, 0.29) is 0 Å². The first-order valence-corrected chi connectivity index (χ1v) is 10.6. The van der Waals surface area contributed by atoms with E-state index in [0.29, 0.717) is 24.2 Å². The van der Waals surface area contributed by atoms with Crippen LogP contribution >= 0.6 is 22.9 Å². The van der Waals surface area contributed by atoms with Crippen molar-refractivity contribution in [1.82, 2.24) is 10.6 Å². The second-order valence-corrected chi connectivity index (χ2v) is 7.83. The number of anilines is 1. The molecular formula is C20H27ClN4OS. The molecule has 2 heterocycles. The van der Waals surface area contributed by atoms with Crippen LogP contribution in [0.3, 0.4) is 0 Å². The minimum Gasteiger partial charge on any atom is -0.493 e. The van der Waals surface area contributed by atoms with E-state index in [4.69, 9.17) is 16.3 Å². The number of nitrogens with one attached hydrogen (secondary N) is 2. The first-order chi connectivity index (χ1) is 13.2. The molecule has 0 amide bonds. The van der Waals surface area contributed by atoms with Gasteiger partial charge in [0.05, 0.1) is 11.6 Å². The van der Waals surface area contributed by atoms with Gasteiger partial charge in [0.25, 0.3) is 0 Å². The second kappa shape index (κ2) is 9.85. The van der Waals surface area contributed by atoms with Crippen LogP contribution in [-0.2, 0) is 6.54 Å². The Morgan fingerprint density at radius 1 is 1.33 bits per heavy atom. The van der Waals surface area contributed by atoms with Crippen molar-refractivity contribution in [2.75, 3.05) is 31.6 Å². The molecule has 1 aliphatic heterocycles. The van der Waals surface area contributed by atoms with Gasteiger partial charge in [-0.3, -0.25) is 4.99 Å². The van der Waals surface area contributed by atoms with Gasteiger partial charge in [-0.05, 0) is 49.4 Å². The number of aliphatic imine (C=N–C) groups is 1. The van der Waals surface area contributed by atoms with Crippen LogP contribution in [0.5, 0.6) is 5.75 Å². The van der Waals surface area contributed by atoms with Crippen molar-refractivity contribution in [2.45, 2.75) is 32.4 Å². The van der Waals surface area contributed by atoms with Gasteiger partial charge in [0.2, 0.25) is 0 Å². The highest BCUT2D eigenvalue weighted by Crippen LogP contribution is 2.25. The fraction of sp³-hybridized carbons (Fsp3) is 0.450. The zero-order valence-electron chi connectivity index (χ0n) is 15.9. The highest BCUT2D eigenvalue weighted by molar-refractivity contribution is 7.14. The summed E-state index contributed by atoms with van der Waals surface area (Å²) in [4.78, 5) is 6.83. The number of thiophene rings is 1. The molecule has 3 rings (SSSR count). The van der Waals surface area contributed by atoms with E-state index in [9.17, 15) is 0 Å². The highest BCUT2D eigenvalue weighted by atomic mass is 35.5. The Morgan fingerprint density at radius 3 is 2.81 bits per heavy atom. The summed E-state index contributed by atoms with van der Waals surface area (Å²) in [5.41, 5.74) is 1.07. The van der Waals surface area contributed by atoms with E-state index in [0.717, 1.165) is 43.2 Å². The van der Waals surface area contributed by atoms with E-state index in [1.54, 1.807) is 7.05 Å². The first kappa shape index (κ1) is 19.8. The molecule has 1 aliphatic rings. The van der Waals surface area contributed by atoms with E-state index in [2.05, 4.69) is 38.0 Å². The number of nitrogens with zero attached hydrogens (tertiary/aromatic N) is 2. The standard InChI is InChI=1S/C20H27ClN4OS/c1-3-26-18-13-16(21)7-6-15(18)14-23-20(22-2)24-17-8-10-25(11-9-17)19-5-4-12-27-19/h4-7,12-13,17H,3,8-11,14H2,1-2H3,(H2,22,23,24). The minimum atomic E-state index is 0.434. The third-order valence-electron chi connectivity index (χ3n) is 4.65. The van der Waals surface area contributed by atoms with Crippen LogP contribution in [0.2, 0.25) is 5.02 Å². The molecule has 1 saturated heterocycles. The lowest BCUT2D eigenvalue weighted by Gasteiger charge is -2.33. The Hall–Kier alpha value is -1.92. The maximum Gasteiger partial charge on any atom is 0.191 e. The summed E-state index contributed by atoms with van der Waals surface area (Å²) in [6.07, 6.45) is 2.20. The summed E-state index contributed by atoms with van der Waals surface area (Å²) >= 11 is 7.89. The largest absolute Gasteiger partial charge is 0.493 e. The fourth-order valence-electron chi connectivity index (χ4n) is 3.23. The lowest BCUT2D eigenvalue weighted by Crippen LogP contribution is -2.48. The predicted molar refractivity (Wildman–Crippen MR) is 116 cm³/mol. The van der Waals surface area contributed by atoms with Crippen LogP contribution in [0.1, 0.15) is 25.3 Å². The zero-order chi connectivity index (χ0) is 19.1. The third-order valence-corrected chi connectivity index (χ3v) is 5.82. The maximum atomic E-state index is 6.08. The van der Waals surface area contributed by atoms with Crippen molar-refractivity contribution < 1.29 is 4.74 Å². The number of hydrogen-bond acceptors (Lipinski definition) is 4. The molecule has 2 N–H and O–H groups in total. The number of rotatable bonds is 6. The summed E-state index contributed by atoms with van der Waals surface area (Å²) in [5, 5.41) is 11.1. The van der Waals surface area contributed by atoms with E-state index in [1.165, 1.54) is 5.00 Å². The van der Waals surface area contributed by atoms with Crippen molar-refractivity contribution >= 4 is 33.9 Å². The quantitative estimate of drug-likeness (QED) is 0.559. The smallest absolute Gasteiger partial charge is 0.191 e. The Morgan fingerprint density at radius 2 is 2.15 bits per heavy atom. The number of piperidine rings is 1. The van der Waals surface area contributed by atoms with Crippen LogP contribution < -0.4 is 20.3 Å². The van der Waals surface area contributed by atoms with Gasteiger partial charge in [-0.2, -0.15) is 0 Å². The van der Waals surface area contributed by atoms with E-state index in [1.807, 2.05) is 36.5 Å². The van der Waals surface area contributed by atoms with Crippen molar-refractivity contribution in [3.8, 4) is 5.75 Å². The predicted octanol–water partition coefficient (Wildman–Crippen LogP) is 4.13. The van der Waals surface area contributed by atoms with Crippen LogP contribution in [0.25, 0.3) is 0 Å². The van der Waals surface area contributed by atoms with E-state index < -0.39 is 0 Å². The number of guanidine groups is 1. The monoisotopic (exact) mass is 406 g/mol. The molecule has 0 spiro atoms. The normalized spacial score (nSPS) is 15.7. The Bertz CT molecular complexity index is 742. The topological polar surface area (TPSA) is 48.9 Å². The third kappa shape index (κ3) is 5.53. The van der Waals surface area contributed by atoms with Crippen LogP contribution in [0.15, 0.2) is 40.7 Å². The molecular weight excluding hydrogens is 380 g/mol. The van der Waals surface area contributed by atoms with Gasteiger partial charge in [-0.25, -0.2) is 0 Å². The summed E-state index contributed by atoms with van der Waals surface area (Å²) in [5.74, 6) is 1.64. The first-order valence-electron chi connectivity index (χ1n) is 9.36. The molecule has 2 aromatic rings. The van der Waals surface area contributed by atoms with Crippen LogP contribution in [-0.4, -0.2) is 38.7 Å². The average molecular weight is 407 g/mol. The second-order valence-electron chi connectivity index (χ2n) is 6.47. The minimum absolute atomic E-state index is 0.434. The van der Waals surface area contributed by atoms with Crippen LogP contribution in [0.4, 0.5) is 5.00 Å². The molecule has 1 aromatic heterocycles. The van der Waals surface area contributed by atoms with Crippen LogP contribution in [0, 0.1) is 0 Å². The van der Waals surface area contributed by atoms with Gasteiger partial charge in [-0.1, -0.05) is 17.7 Å². The number of halogens is 1. The molecule has 0 radical (unpaired) electrons. The SMILES string of the molecule is CCOc1cc(Cl)ccc1CNC(=NC)NC1CCN(c2cccs2)CC1. The highest BCUT2D eigenvalue weighted by Gasteiger charge is 2.20. The van der Waals surface area contributed by atoms with Gasteiger partial charge in [0.15, 0.2) is 5.96 Å². The molecule has 0 bridgehead atoms. The summed E-state index contributed by atoms with van der Waals surface area (Å²) in [6.45, 7) is 5.37. The van der Waals surface area contributed by atoms with Gasteiger partial charge in [-0.15, -0.1) is 11.3 Å². The average Bonchev–Trinajstić information content (AvgIpc) is 3.22. The Labute approximate surface area is 170 Å². The van der Waals surface area contributed by atoms with Gasteiger partial charge in [0.1, 0.15) is 5.75 Å². The molecule has 7 heteroatoms. The van der Waals surface area contributed by atoms with Crippen molar-refractivity contribution in [3.05, 3.63) is 46.3 Å². The molecule has 146 valence electrons. The molecule has 0 unspecified atom stereocenters. The number of benzene rings is 1. The molecule has 1 aromatic carbocycles. The molecule has 0 atom stereocenters. The Balaban J connectivity index is 1.50. The maximum absolute atomic E-state index is 6.08. The van der Waals surface area contributed by atoms with E-state index >= 15 is 0 Å². The molecule has 27 heavy (non-hydrogen) atoms. The number of hydrogen-bond donors (Lipinski definition) is 2. The van der Waals surface area contributed by atoms with Crippen molar-refractivity contribution in [2.24, 2.45) is 4.99 Å². The summed E-state index contributed by atoms with van der Waals surface area (Å²) in [6, 6.07) is 10.5. The molecule has 5 nitrogen and oxygen atoms in total. The molecule has 0 saturated carbocycles. The van der Waals surface area contributed by atoms with Crippen molar-refractivity contribution in [3.63, 3.8) is 0 Å². The number of ether oxygens (including phenoxy) is 1. The summed E-state index contributed by atoms with van der Waals surface area (Å²) in [7, 11) is 1.81. The van der Waals surface area contributed by atoms with Gasteiger partial charge < -0.3 is 20.3 Å². The summed E-state index contributed by atoms with van der Waals surface area (Å²) < 4.78 is 5.69. The van der Waals surface area contributed by atoms with Crippen molar-refractivity contribution in [1.29, 1.82) is 0 Å². The lowest BCUT2D eigenvalue weighted by molar-refractivity contribution is 0.336. The Kier molecular flexibility index (Phi) is 7.24. The van der Waals surface area contributed by atoms with Gasteiger partial charge >= 0.3 is 0 Å². The molecule has 1 fully saturated rings. The lowest BCUT2D eigenvalue weighted by atomic mass is 10.1. The van der Waals surface area contributed by atoms with Gasteiger partial charge in [0, 0.05) is 43.3 Å².